The molecule has 392 valence electrons. The number of fused-ring (bicyclic) bond motifs is 11. The van der Waals surface area contributed by atoms with Crippen LogP contribution in [0.15, 0.2) is 138 Å². The molecule has 0 saturated heterocycles. The number of anilines is 5. The van der Waals surface area contributed by atoms with Crippen molar-refractivity contribution in [2.24, 2.45) is 0 Å². The first-order valence-corrected chi connectivity index (χ1v) is 29.9. The number of hydrogen-bond acceptors (Lipinski definition) is 4. The van der Waals surface area contributed by atoms with Crippen LogP contribution in [0, 0.1) is 6.92 Å². The van der Waals surface area contributed by atoms with E-state index in [0.29, 0.717) is 0 Å². The average molecular weight is 1040 g/mol. The third-order valence-electron chi connectivity index (χ3n) is 20.2. The Morgan fingerprint density at radius 3 is 1.76 bits per heavy atom. The first-order chi connectivity index (χ1) is 37.0. The van der Waals surface area contributed by atoms with Gasteiger partial charge in [0.15, 0.2) is 7.28 Å². The van der Waals surface area contributed by atoms with Gasteiger partial charge in [0.25, 0.3) is 0 Å². The van der Waals surface area contributed by atoms with Crippen molar-refractivity contribution in [3.8, 4) is 22.3 Å². The summed E-state index contributed by atoms with van der Waals surface area (Å²) in [6, 6.07) is 51.8. The molecule has 0 amide bonds. The van der Waals surface area contributed by atoms with Gasteiger partial charge in [-0.1, -0.05) is 167 Å². The molecule has 0 saturated carbocycles. The maximum Gasteiger partial charge on any atom is 0.198 e. The van der Waals surface area contributed by atoms with E-state index >= 15 is 0 Å². The summed E-state index contributed by atoms with van der Waals surface area (Å²) in [5, 5.41) is 9.15. The van der Waals surface area contributed by atoms with Crippen LogP contribution in [0.2, 0.25) is 0 Å². The molecule has 0 unspecified atom stereocenters. The summed E-state index contributed by atoms with van der Waals surface area (Å²) in [5.74, 6) is 0. The van der Waals surface area contributed by atoms with Gasteiger partial charge in [-0.05, 0) is 188 Å². The molecule has 5 heteroatoms. The lowest BCUT2D eigenvalue weighted by Crippen LogP contribution is -2.41. The zero-order chi connectivity index (χ0) is 54.2. The maximum atomic E-state index is 7.41. The number of aryl methyl sites for hydroxylation is 1. The predicted molar refractivity (Wildman–Crippen MR) is 339 cm³/mol. The minimum atomic E-state index is 0.0270. The van der Waals surface area contributed by atoms with Crippen LogP contribution in [0.25, 0.3) is 64.4 Å². The summed E-state index contributed by atoms with van der Waals surface area (Å²) in [7, 11) is 0.751. The van der Waals surface area contributed by atoms with E-state index in [0.717, 1.165) is 53.4 Å². The van der Waals surface area contributed by atoms with Crippen molar-refractivity contribution in [1.82, 2.24) is 0 Å². The van der Waals surface area contributed by atoms with Gasteiger partial charge in [0.1, 0.15) is 11.2 Å². The van der Waals surface area contributed by atoms with Crippen molar-refractivity contribution in [1.29, 1.82) is 0 Å². The molecule has 0 bridgehead atoms. The van der Waals surface area contributed by atoms with Crippen LogP contribution in [-0.4, -0.2) is 7.28 Å². The smallest absolute Gasteiger partial charge is 0.198 e. The van der Waals surface area contributed by atoms with E-state index in [2.05, 4.69) is 234 Å². The van der Waals surface area contributed by atoms with Gasteiger partial charge in [-0.3, -0.25) is 0 Å². The number of benzene rings is 8. The quantitative estimate of drug-likeness (QED) is 0.174. The molecule has 0 spiro atoms. The molecule has 14 rings (SSSR count). The molecule has 4 aliphatic rings. The van der Waals surface area contributed by atoms with Crippen LogP contribution in [0.3, 0.4) is 0 Å². The van der Waals surface area contributed by atoms with Crippen molar-refractivity contribution in [2.45, 2.75) is 161 Å². The molecular weight excluding hydrogens is 964 g/mol. The van der Waals surface area contributed by atoms with Crippen molar-refractivity contribution in [2.75, 3.05) is 10.2 Å². The Morgan fingerprint density at radius 1 is 0.462 bits per heavy atom. The van der Waals surface area contributed by atoms with Gasteiger partial charge >= 0.3 is 0 Å². The van der Waals surface area contributed by atoms with Gasteiger partial charge in [-0.2, -0.15) is 0 Å². The van der Waals surface area contributed by atoms with Gasteiger partial charge in [0, 0.05) is 70.5 Å². The molecular formula is C73H75BN2OS. The fraction of sp³-hybridized carbons (Fsp3) is 0.342. The first kappa shape index (κ1) is 49.7. The number of nitrogens with zero attached hydrogens (tertiary/aromatic N) is 1. The molecule has 2 aromatic heterocycles. The lowest BCUT2D eigenvalue weighted by atomic mass is 9.57. The monoisotopic (exact) mass is 1040 g/mol. The predicted octanol–water partition coefficient (Wildman–Crippen LogP) is 19.6. The van der Waals surface area contributed by atoms with Crippen LogP contribution in [0.1, 0.15) is 161 Å². The molecule has 0 fully saturated rings. The Balaban J connectivity index is 1.10. The van der Waals surface area contributed by atoms with E-state index in [1.165, 1.54) is 135 Å². The van der Waals surface area contributed by atoms with Crippen molar-refractivity contribution >= 4 is 100 Å². The average Bonchev–Trinajstić information content (AvgIpc) is 4.16. The SMILES string of the molecule is Cc1cc2c(cc1N1c3cc(-c4ccccc4)ccc3Bc3c1cc1c(oc4ccccc41)c3-c1c(Nc3ccc4c(c3)C(C)(C)CCC4(C)C)ccc3c1sc1cc4c(cc13)C(C)(C)CCC4(C)C)C(C)(C)CCC2(C)C. The number of furan rings is 1. The Morgan fingerprint density at radius 2 is 1.06 bits per heavy atom. The van der Waals surface area contributed by atoms with Crippen LogP contribution in [0.5, 0.6) is 0 Å². The molecule has 0 atom stereocenters. The molecule has 8 aromatic carbocycles. The number of rotatable bonds is 5. The summed E-state index contributed by atoms with van der Waals surface area (Å²) in [5.41, 5.74) is 25.9. The van der Waals surface area contributed by atoms with E-state index < -0.39 is 0 Å². The molecule has 1 N–H and O–H groups in total. The van der Waals surface area contributed by atoms with E-state index in [4.69, 9.17) is 4.42 Å². The second kappa shape index (κ2) is 16.7. The highest BCUT2D eigenvalue weighted by Gasteiger charge is 2.42. The molecule has 78 heavy (non-hydrogen) atoms. The van der Waals surface area contributed by atoms with E-state index in [1.54, 1.807) is 0 Å². The van der Waals surface area contributed by atoms with Gasteiger partial charge in [-0.25, -0.2) is 0 Å². The molecule has 0 radical (unpaired) electrons. The molecule has 3 heterocycles. The summed E-state index contributed by atoms with van der Waals surface area (Å²) in [4.78, 5) is 2.67. The minimum absolute atomic E-state index is 0.0270. The van der Waals surface area contributed by atoms with Crippen molar-refractivity contribution in [3.63, 3.8) is 0 Å². The highest BCUT2D eigenvalue weighted by molar-refractivity contribution is 7.26. The largest absolute Gasteiger partial charge is 0.455 e. The van der Waals surface area contributed by atoms with Gasteiger partial charge in [-0.15, -0.1) is 11.3 Å². The summed E-state index contributed by atoms with van der Waals surface area (Å²) >= 11 is 1.97. The van der Waals surface area contributed by atoms with Crippen LogP contribution in [-0.2, 0) is 32.5 Å². The maximum absolute atomic E-state index is 7.41. The topological polar surface area (TPSA) is 28.4 Å². The Labute approximate surface area is 467 Å². The number of hydrogen-bond donors (Lipinski definition) is 1. The number of thiophene rings is 1. The zero-order valence-electron chi connectivity index (χ0n) is 48.4. The standard InChI is InChI=1S/C73H75BN2OS/c1-42-35-51-54(72(10,11)33-31-69(51,4)5)40-58(42)76-59-36-44(43-19-15-14-16-20-43)23-27-56(59)74-65-60(76)39-49-46-21-17-18-22-61(46)77-66(49)64(65)63-57(75-45-24-26-50-52(37-45)70(6,7)30-29-68(50,2)3)28-25-47-48-38-53-55(41-62(48)78-67(47)63)73(12,13)34-32-71(53,8)9/h14-28,35-41,74-75H,29-34H2,1-13H3. The molecule has 3 aliphatic carbocycles. The number of para-hydroxylation sites is 1. The first-order valence-electron chi connectivity index (χ1n) is 29.1. The molecule has 10 aromatic rings. The lowest BCUT2D eigenvalue weighted by Gasteiger charge is -2.44. The Hall–Kier alpha value is -6.56. The van der Waals surface area contributed by atoms with Gasteiger partial charge in [0.05, 0.1) is 0 Å². The molecule has 1 aliphatic heterocycles. The zero-order valence-corrected chi connectivity index (χ0v) is 49.2. The third-order valence-corrected chi connectivity index (χ3v) is 21.4. The van der Waals surface area contributed by atoms with Crippen molar-refractivity contribution in [3.05, 3.63) is 172 Å². The summed E-state index contributed by atoms with van der Waals surface area (Å²) in [6.45, 7) is 31.8. The van der Waals surface area contributed by atoms with E-state index in [-0.39, 0.29) is 32.5 Å². The number of nitrogens with one attached hydrogen (secondary N) is 1. The van der Waals surface area contributed by atoms with E-state index in [1.807, 2.05) is 11.3 Å². The summed E-state index contributed by atoms with van der Waals surface area (Å²) in [6.07, 6.45) is 7.04. The fourth-order valence-electron chi connectivity index (χ4n) is 14.9. The van der Waals surface area contributed by atoms with Gasteiger partial charge in [0.2, 0.25) is 0 Å². The van der Waals surface area contributed by atoms with Crippen molar-refractivity contribution < 1.29 is 4.42 Å². The van der Waals surface area contributed by atoms with Crippen LogP contribution in [0.4, 0.5) is 28.4 Å². The minimum Gasteiger partial charge on any atom is -0.455 e. The third kappa shape index (κ3) is 7.49. The summed E-state index contributed by atoms with van der Waals surface area (Å²) < 4.78 is 10.1. The fourth-order valence-corrected chi connectivity index (χ4v) is 16.1. The Kier molecular flexibility index (Phi) is 10.7. The van der Waals surface area contributed by atoms with E-state index in [9.17, 15) is 0 Å². The highest BCUT2D eigenvalue weighted by Crippen LogP contribution is 2.55. The Bertz CT molecular complexity index is 4180. The molecule has 3 nitrogen and oxygen atoms in total. The normalized spacial score (nSPS) is 19.0. The lowest BCUT2D eigenvalue weighted by molar-refractivity contribution is 0.332. The second-order valence-corrected chi connectivity index (χ2v) is 29.2. The van der Waals surface area contributed by atoms with Gasteiger partial charge < -0.3 is 14.6 Å². The highest BCUT2D eigenvalue weighted by atomic mass is 32.1. The second-order valence-electron chi connectivity index (χ2n) is 28.2. The van der Waals surface area contributed by atoms with Crippen LogP contribution < -0.4 is 21.1 Å². The van der Waals surface area contributed by atoms with Crippen LogP contribution >= 0.6 is 11.3 Å².